The Kier molecular flexibility index (Phi) is 5.46. The Balaban J connectivity index is 1.76. The van der Waals surface area contributed by atoms with Crippen LogP contribution < -0.4 is 10.2 Å². The Morgan fingerprint density at radius 1 is 1.14 bits per heavy atom. The molecule has 1 aliphatic rings. The van der Waals surface area contributed by atoms with Crippen LogP contribution in [-0.2, 0) is 4.79 Å². The second kappa shape index (κ2) is 7.53. The van der Waals surface area contributed by atoms with E-state index < -0.39 is 5.97 Å². The summed E-state index contributed by atoms with van der Waals surface area (Å²) in [6.45, 7) is 2.81. The molecule has 1 aromatic carbocycles. The van der Waals surface area contributed by atoms with Crippen molar-refractivity contribution in [3.63, 3.8) is 0 Å². The molecule has 2 amide bonds. The first-order chi connectivity index (χ1) is 10.6. The molecule has 0 bridgehead atoms. The molecule has 22 heavy (non-hydrogen) atoms. The van der Waals surface area contributed by atoms with Crippen LogP contribution in [0.15, 0.2) is 24.3 Å². The molecule has 7 nitrogen and oxygen atoms in total. The Morgan fingerprint density at radius 2 is 1.82 bits per heavy atom. The molecule has 120 valence electrons. The van der Waals surface area contributed by atoms with Crippen LogP contribution in [0.5, 0.6) is 5.75 Å². The highest BCUT2D eigenvalue weighted by molar-refractivity contribution is 5.74. The number of piperazine rings is 1. The molecule has 1 aliphatic heterocycles. The fourth-order valence-electron chi connectivity index (χ4n) is 2.43. The minimum Gasteiger partial charge on any atom is -0.506 e. The van der Waals surface area contributed by atoms with Crippen LogP contribution in [0.4, 0.5) is 10.5 Å². The van der Waals surface area contributed by atoms with E-state index >= 15 is 0 Å². The number of para-hydroxylation sites is 2. The molecule has 0 unspecified atom stereocenters. The number of carboxylic acids is 1. The lowest BCUT2D eigenvalue weighted by atomic mass is 10.2. The number of hydrogen-bond donors (Lipinski definition) is 3. The molecule has 0 aliphatic carbocycles. The third kappa shape index (κ3) is 4.28. The molecule has 2 rings (SSSR count). The fourth-order valence-corrected chi connectivity index (χ4v) is 2.43. The van der Waals surface area contributed by atoms with Gasteiger partial charge in [-0.25, -0.2) is 4.79 Å². The van der Waals surface area contributed by atoms with Crippen LogP contribution in [0.3, 0.4) is 0 Å². The molecule has 0 radical (unpaired) electrons. The maximum absolute atomic E-state index is 12.0. The van der Waals surface area contributed by atoms with Gasteiger partial charge in [0.2, 0.25) is 0 Å². The average Bonchev–Trinajstić information content (AvgIpc) is 2.52. The van der Waals surface area contributed by atoms with Gasteiger partial charge in [-0.05, 0) is 18.6 Å². The van der Waals surface area contributed by atoms with Crippen LogP contribution in [0.2, 0.25) is 0 Å². The highest BCUT2D eigenvalue weighted by Gasteiger charge is 2.22. The van der Waals surface area contributed by atoms with Crippen LogP contribution in [0.1, 0.15) is 12.8 Å². The third-order valence-electron chi connectivity index (χ3n) is 3.63. The van der Waals surface area contributed by atoms with E-state index in [2.05, 4.69) is 5.32 Å². The number of nitrogens with one attached hydrogen (secondary N) is 1. The van der Waals surface area contributed by atoms with Gasteiger partial charge in [-0.2, -0.15) is 0 Å². The van der Waals surface area contributed by atoms with E-state index in [1.165, 1.54) is 0 Å². The lowest BCUT2D eigenvalue weighted by Gasteiger charge is -2.36. The van der Waals surface area contributed by atoms with Gasteiger partial charge in [0.25, 0.3) is 0 Å². The van der Waals surface area contributed by atoms with Crippen molar-refractivity contribution in [3.05, 3.63) is 24.3 Å². The first-order valence-corrected chi connectivity index (χ1v) is 7.35. The molecule has 0 aromatic heterocycles. The van der Waals surface area contributed by atoms with E-state index in [4.69, 9.17) is 5.11 Å². The molecule has 1 fully saturated rings. The molecular weight excluding hydrogens is 286 g/mol. The lowest BCUT2D eigenvalue weighted by Crippen LogP contribution is -2.52. The van der Waals surface area contributed by atoms with Crippen LogP contribution in [0, 0.1) is 0 Å². The number of nitrogens with zero attached hydrogens (tertiary/aromatic N) is 2. The van der Waals surface area contributed by atoms with Crippen molar-refractivity contribution >= 4 is 17.7 Å². The van der Waals surface area contributed by atoms with Crippen molar-refractivity contribution in [1.29, 1.82) is 0 Å². The van der Waals surface area contributed by atoms with Crippen molar-refractivity contribution in [1.82, 2.24) is 10.2 Å². The average molecular weight is 307 g/mol. The standard InChI is InChI=1S/C15H21N3O4/c19-13-5-2-1-4-12(13)17-8-10-18(11-9-17)15(22)16-7-3-6-14(20)21/h1-2,4-5,19H,3,6-11H2,(H,16,22)(H,20,21). The minimum atomic E-state index is -0.856. The molecule has 1 aromatic rings. The van der Waals surface area contributed by atoms with Gasteiger partial charge in [0.05, 0.1) is 5.69 Å². The monoisotopic (exact) mass is 307 g/mol. The number of aromatic hydroxyl groups is 1. The van der Waals surface area contributed by atoms with E-state index in [0.29, 0.717) is 39.1 Å². The summed E-state index contributed by atoms with van der Waals surface area (Å²) in [5.41, 5.74) is 0.781. The Hall–Kier alpha value is -2.44. The molecule has 0 spiro atoms. The van der Waals surface area contributed by atoms with Gasteiger partial charge in [-0.1, -0.05) is 12.1 Å². The van der Waals surface area contributed by atoms with Crippen LogP contribution >= 0.6 is 0 Å². The number of rotatable bonds is 5. The number of carboxylic acid groups (broad SMARTS) is 1. The van der Waals surface area contributed by atoms with Crippen molar-refractivity contribution in [3.8, 4) is 5.75 Å². The number of urea groups is 1. The van der Waals surface area contributed by atoms with E-state index in [0.717, 1.165) is 5.69 Å². The zero-order chi connectivity index (χ0) is 15.9. The molecule has 0 atom stereocenters. The molecular formula is C15H21N3O4. The number of benzene rings is 1. The maximum atomic E-state index is 12.0. The number of hydrogen-bond acceptors (Lipinski definition) is 4. The second-order valence-corrected chi connectivity index (χ2v) is 5.19. The highest BCUT2D eigenvalue weighted by Crippen LogP contribution is 2.27. The summed E-state index contributed by atoms with van der Waals surface area (Å²) in [4.78, 5) is 26.1. The third-order valence-corrected chi connectivity index (χ3v) is 3.63. The predicted octanol–water partition coefficient (Wildman–Crippen LogP) is 1.09. The zero-order valence-corrected chi connectivity index (χ0v) is 12.4. The number of phenols is 1. The topological polar surface area (TPSA) is 93.1 Å². The molecule has 0 saturated carbocycles. The van der Waals surface area contributed by atoms with Crippen LogP contribution in [-0.4, -0.2) is 59.8 Å². The maximum Gasteiger partial charge on any atom is 0.317 e. The smallest absolute Gasteiger partial charge is 0.317 e. The first-order valence-electron chi connectivity index (χ1n) is 7.35. The molecule has 7 heteroatoms. The van der Waals surface area contributed by atoms with Gasteiger partial charge >= 0.3 is 12.0 Å². The summed E-state index contributed by atoms with van der Waals surface area (Å²) in [6.07, 6.45) is 0.486. The number of carbonyl (C=O) groups is 2. The zero-order valence-electron chi connectivity index (χ0n) is 12.4. The summed E-state index contributed by atoms with van der Waals surface area (Å²) in [5, 5.41) is 21.1. The van der Waals surface area contributed by atoms with Gasteiger partial charge in [0.1, 0.15) is 5.75 Å². The Labute approximate surface area is 129 Å². The minimum absolute atomic E-state index is 0.0569. The Morgan fingerprint density at radius 3 is 2.45 bits per heavy atom. The summed E-state index contributed by atoms with van der Waals surface area (Å²) in [5.74, 6) is -0.611. The van der Waals surface area contributed by atoms with E-state index in [-0.39, 0.29) is 18.2 Å². The van der Waals surface area contributed by atoms with Gasteiger partial charge in [-0.15, -0.1) is 0 Å². The van der Waals surface area contributed by atoms with Crippen molar-refractivity contribution < 1.29 is 19.8 Å². The number of phenolic OH excluding ortho intramolecular Hbond substituents is 1. The summed E-state index contributed by atoms with van der Waals surface area (Å²) >= 11 is 0. The summed E-state index contributed by atoms with van der Waals surface area (Å²) < 4.78 is 0. The largest absolute Gasteiger partial charge is 0.506 e. The van der Waals surface area contributed by atoms with Gasteiger partial charge < -0.3 is 25.3 Å². The first kappa shape index (κ1) is 15.9. The van der Waals surface area contributed by atoms with E-state index in [1.54, 1.807) is 17.0 Å². The van der Waals surface area contributed by atoms with E-state index in [9.17, 15) is 14.7 Å². The fraction of sp³-hybridized carbons (Fsp3) is 0.467. The second-order valence-electron chi connectivity index (χ2n) is 5.19. The highest BCUT2D eigenvalue weighted by atomic mass is 16.4. The van der Waals surface area contributed by atoms with Gasteiger partial charge in [0, 0.05) is 39.1 Å². The molecule has 1 saturated heterocycles. The van der Waals surface area contributed by atoms with Crippen molar-refractivity contribution in [2.45, 2.75) is 12.8 Å². The van der Waals surface area contributed by atoms with Crippen molar-refractivity contribution in [2.24, 2.45) is 0 Å². The number of aliphatic carboxylic acids is 1. The lowest BCUT2D eigenvalue weighted by molar-refractivity contribution is -0.137. The van der Waals surface area contributed by atoms with E-state index in [1.807, 2.05) is 17.0 Å². The Bertz CT molecular complexity index is 527. The predicted molar refractivity (Wildman–Crippen MR) is 82.2 cm³/mol. The number of anilines is 1. The van der Waals surface area contributed by atoms with Gasteiger partial charge in [0.15, 0.2) is 0 Å². The van der Waals surface area contributed by atoms with Gasteiger partial charge in [-0.3, -0.25) is 4.79 Å². The summed E-state index contributed by atoms with van der Waals surface area (Å²) in [7, 11) is 0. The quantitative estimate of drug-likeness (QED) is 0.708. The molecule has 1 heterocycles. The summed E-state index contributed by atoms with van der Waals surface area (Å²) in [6, 6.07) is 6.99. The molecule has 3 N–H and O–H groups in total. The van der Waals surface area contributed by atoms with Crippen LogP contribution in [0.25, 0.3) is 0 Å². The SMILES string of the molecule is O=C(O)CCCNC(=O)N1CCN(c2ccccc2O)CC1. The normalized spacial score (nSPS) is 14.7. The number of amides is 2. The van der Waals surface area contributed by atoms with Crippen molar-refractivity contribution in [2.75, 3.05) is 37.6 Å². The number of carbonyl (C=O) groups excluding carboxylic acids is 1.